The number of hydrogen-bond donors (Lipinski definition) is 2. The number of aliphatic hydroxyl groups excluding tert-OH is 1. The molecule has 1 amide bonds. The summed E-state index contributed by atoms with van der Waals surface area (Å²) in [6.45, 7) is 7.89. The Morgan fingerprint density at radius 2 is 1.92 bits per heavy atom. The van der Waals surface area contributed by atoms with Crippen LogP contribution in [-0.2, 0) is 4.79 Å². The fourth-order valence-corrected chi connectivity index (χ4v) is 4.57. The number of carbonyl (C=O) groups is 1. The van der Waals surface area contributed by atoms with E-state index < -0.39 is 30.3 Å². The lowest BCUT2D eigenvalue weighted by atomic mass is 10.0. The van der Waals surface area contributed by atoms with Gasteiger partial charge in [0.15, 0.2) is 0 Å². The van der Waals surface area contributed by atoms with Crippen LogP contribution in [0.4, 0.5) is 14.6 Å². The number of pyridine rings is 3. The quantitative estimate of drug-likeness (QED) is 0.324. The molecule has 0 radical (unpaired) electrons. The molecule has 0 bridgehead atoms. The van der Waals surface area contributed by atoms with Crippen LogP contribution in [0.1, 0.15) is 75.4 Å². The maximum absolute atomic E-state index is 13.3. The zero-order valence-corrected chi connectivity index (χ0v) is 21.4. The molecule has 7 nitrogen and oxygen atoms in total. The largest absolute Gasteiger partial charge is 0.387 e. The molecule has 6 rings (SSSR count). The molecule has 2 atom stereocenters. The van der Waals surface area contributed by atoms with Gasteiger partial charge in [0.2, 0.25) is 5.91 Å². The molecular weight excluding hydrogens is 476 g/mol. The first kappa shape index (κ1) is 25.2. The number of alkyl halides is 2. The maximum Gasteiger partial charge on any atom is 0.260 e. The second-order valence-electron chi connectivity index (χ2n) is 9.68. The predicted molar refractivity (Wildman–Crippen MR) is 139 cm³/mol. The first-order valence-electron chi connectivity index (χ1n) is 12.9. The average Bonchev–Trinajstić information content (AvgIpc) is 3.80. The van der Waals surface area contributed by atoms with Gasteiger partial charge >= 0.3 is 0 Å². The van der Waals surface area contributed by atoms with Crippen molar-refractivity contribution in [3.8, 4) is 11.1 Å². The number of fused-ring (bicyclic) bond motifs is 3. The van der Waals surface area contributed by atoms with Gasteiger partial charge in [-0.05, 0) is 43.9 Å². The summed E-state index contributed by atoms with van der Waals surface area (Å²) in [5.41, 5.74) is 5.94. The van der Waals surface area contributed by atoms with E-state index in [1.54, 1.807) is 18.5 Å². The van der Waals surface area contributed by atoms with E-state index in [0.29, 0.717) is 18.0 Å². The van der Waals surface area contributed by atoms with Crippen LogP contribution in [0, 0.1) is 12.8 Å². The summed E-state index contributed by atoms with van der Waals surface area (Å²) in [4.78, 5) is 25.9. The number of nitrogens with zero attached hydrogens (tertiary/aromatic N) is 4. The highest BCUT2D eigenvalue weighted by molar-refractivity contribution is 5.97. The lowest BCUT2D eigenvalue weighted by Crippen LogP contribution is -2.18. The third-order valence-electron chi connectivity index (χ3n) is 6.98. The molecule has 2 fully saturated rings. The average molecular weight is 508 g/mol. The van der Waals surface area contributed by atoms with E-state index in [-0.39, 0.29) is 5.82 Å². The first-order chi connectivity index (χ1) is 17.7. The molecule has 0 saturated heterocycles. The highest BCUT2D eigenvalue weighted by Gasteiger charge is 2.61. The molecule has 4 aromatic heterocycles. The predicted octanol–water partition coefficient (Wildman–Crippen LogP) is 6.19. The summed E-state index contributed by atoms with van der Waals surface area (Å²) in [6.07, 6.45) is 7.16. The van der Waals surface area contributed by atoms with Gasteiger partial charge in [0, 0.05) is 53.5 Å². The van der Waals surface area contributed by atoms with E-state index in [1.165, 1.54) is 0 Å². The first-order valence-corrected chi connectivity index (χ1v) is 12.9. The number of imidazole rings is 1. The summed E-state index contributed by atoms with van der Waals surface area (Å²) < 4.78 is 28.6. The number of aryl methyl sites for hydroxylation is 1. The van der Waals surface area contributed by atoms with Crippen LogP contribution in [-0.4, -0.2) is 36.3 Å². The minimum Gasteiger partial charge on any atom is -0.387 e. The van der Waals surface area contributed by atoms with Crippen molar-refractivity contribution in [3.63, 3.8) is 0 Å². The maximum atomic E-state index is 13.3. The highest BCUT2D eigenvalue weighted by Crippen LogP contribution is 2.49. The molecule has 4 heterocycles. The van der Waals surface area contributed by atoms with Crippen LogP contribution in [0.15, 0.2) is 36.8 Å². The number of amides is 1. The van der Waals surface area contributed by atoms with Crippen LogP contribution in [0.3, 0.4) is 0 Å². The minimum atomic E-state index is -2.93. The zero-order valence-electron chi connectivity index (χ0n) is 21.4. The lowest BCUT2D eigenvalue weighted by Gasteiger charge is -2.14. The Hall–Kier alpha value is -3.46. The van der Waals surface area contributed by atoms with Gasteiger partial charge in [0.05, 0.1) is 23.0 Å². The molecule has 9 heteroatoms. The summed E-state index contributed by atoms with van der Waals surface area (Å²) >= 11 is 0. The lowest BCUT2D eigenvalue weighted by molar-refractivity contribution is -0.119. The van der Waals surface area contributed by atoms with Crippen LogP contribution in [0.5, 0.6) is 0 Å². The van der Waals surface area contributed by atoms with Gasteiger partial charge in [0.1, 0.15) is 17.4 Å². The van der Waals surface area contributed by atoms with Crippen molar-refractivity contribution >= 4 is 28.3 Å². The van der Waals surface area contributed by atoms with Gasteiger partial charge in [0.25, 0.3) is 5.92 Å². The fraction of sp³-hybridized carbons (Fsp3) is 0.429. The van der Waals surface area contributed by atoms with E-state index in [4.69, 9.17) is 4.98 Å². The van der Waals surface area contributed by atoms with Crippen molar-refractivity contribution in [2.24, 2.45) is 5.92 Å². The fourth-order valence-electron chi connectivity index (χ4n) is 4.57. The molecule has 2 N–H and O–H groups in total. The van der Waals surface area contributed by atoms with Crippen LogP contribution >= 0.6 is 0 Å². The minimum absolute atomic E-state index is 0.233. The summed E-state index contributed by atoms with van der Waals surface area (Å²) in [5.74, 6) is -4.27. The van der Waals surface area contributed by atoms with Gasteiger partial charge in [-0.3, -0.25) is 14.2 Å². The molecule has 2 aliphatic carbocycles. The van der Waals surface area contributed by atoms with E-state index in [1.807, 2.05) is 50.4 Å². The summed E-state index contributed by atoms with van der Waals surface area (Å²) in [5, 5.41) is 13.6. The Labute approximate surface area is 214 Å². The van der Waals surface area contributed by atoms with Gasteiger partial charge in [-0.1, -0.05) is 20.8 Å². The Bertz CT molecular complexity index is 1500. The molecule has 2 saturated carbocycles. The molecule has 4 aromatic rings. The smallest absolute Gasteiger partial charge is 0.260 e. The zero-order chi connectivity index (χ0) is 26.5. The number of nitrogens with one attached hydrogen (secondary N) is 1. The van der Waals surface area contributed by atoms with Crippen molar-refractivity contribution in [3.05, 3.63) is 53.7 Å². The molecule has 0 aliphatic heterocycles. The highest BCUT2D eigenvalue weighted by atomic mass is 19.3. The Morgan fingerprint density at radius 3 is 2.54 bits per heavy atom. The monoisotopic (exact) mass is 507 g/mol. The van der Waals surface area contributed by atoms with Gasteiger partial charge < -0.3 is 10.4 Å². The number of hydrogen-bond acceptors (Lipinski definition) is 5. The van der Waals surface area contributed by atoms with Gasteiger partial charge in [-0.25, -0.2) is 18.7 Å². The van der Waals surface area contributed by atoms with Gasteiger partial charge in [-0.15, -0.1) is 0 Å². The molecule has 194 valence electrons. The number of aromatic nitrogens is 4. The Kier molecular flexibility index (Phi) is 6.43. The number of halogens is 2. The molecule has 2 unspecified atom stereocenters. The second kappa shape index (κ2) is 9.45. The molecular formula is C28H31F2N5O2. The number of anilines is 1. The third kappa shape index (κ3) is 4.68. The molecule has 37 heavy (non-hydrogen) atoms. The van der Waals surface area contributed by atoms with Crippen LogP contribution < -0.4 is 5.32 Å². The van der Waals surface area contributed by atoms with Crippen molar-refractivity contribution in [2.45, 2.75) is 71.3 Å². The van der Waals surface area contributed by atoms with Crippen molar-refractivity contribution < 1.29 is 18.7 Å². The number of carbonyl (C=O) groups excluding carboxylic acids is 1. The summed E-state index contributed by atoms with van der Waals surface area (Å²) in [6, 6.07) is 5.59. The Morgan fingerprint density at radius 1 is 1.19 bits per heavy atom. The van der Waals surface area contributed by atoms with Crippen molar-refractivity contribution in [2.75, 3.05) is 5.32 Å². The number of aliphatic hydroxyl groups is 1. The molecule has 0 aromatic carbocycles. The van der Waals surface area contributed by atoms with E-state index in [0.717, 1.165) is 51.8 Å². The third-order valence-corrected chi connectivity index (χ3v) is 6.98. The Balaban J connectivity index is 0.00000137. The van der Waals surface area contributed by atoms with E-state index >= 15 is 0 Å². The van der Waals surface area contributed by atoms with Crippen molar-refractivity contribution in [1.29, 1.82) is 0 Å². The van der Waals surface area contributed by atoms with Crippen LogP contribution in [0.2, 0.25) is 0 Å². The van der Waals surface area contributed by atoms with Crippen LogP contribution in [0.25, 0.3) is 27.7 Å². The van der Waals surface area contributed by atoms with Gasteiger partial charge in [-0.2, -0.15) is 0 Å². The molecule has 2 aliphatic rings. The standard InChI is InChI=1S/C26H25F2N5O2.C2H6/c1-3-22(34)19-6-13(2)17(11-29-19)16-7-15-10-30-23(32-25(35)18-9-26(18,27)28)8-21(15)33-12-20(14-4-5-14)31-24(16)33;1-2/h6-8,10-12,14,18,22,34H,3-5,9H2,1-2H3,(H,30,32,35);1-2H3. The van der Waals surface area contributed by atoms with E-state index in [2.05, 4.69) is 15.3 Å². The summed E-state index contributed by atoms with van der Waals surface area (Å²) in [7, 11) is 0. The number of rotatable bonds is 6. The topological polar surface area (TPSA) is 92.4 Å². The molecule has 0 spiro atoms. The van der Waals surface area contributed by atoms with Crippen molar-refractivity contribution in [1.82, 2.24) is 19.4 Å². The van der Waals surface area contributed by atoms with E-state index in [9.17, 15) is 18.7 Å². The second-order valence-corrected chi connectivity index (χ2v) is 9.68. The SMILES string of the molecule is CC.CCC(O)c1cc(C)c(-c2cc3cnc(NC(=O)C4CC4(F)F)cc3n3cc(C4CC4)nc23)cn1. The normalized spacial score (nSPS) is 18.8.